The Kier molecular flexibility index (Phi) is 5.23. The molecule has 1 N–H and O–H groups in total. The van der Waals surface area contributed by atoms with Crippen molar-refractivity contribution in [2.75, 3.05) is 0 Å². The van der Waals surface area contributed by atoms with Gasteiger partial charge in [-0.3, -0.25) is 0 Å². The molecule has 1 fully saturated rings. The second-order valence-electron chi connectivity index (χ2n) is 3.61. The zero-order chi connectivity index (χ0) is 8.81. The van der Waals surface area contributed by atoms with Crippen LogP contribution in [0.4, 0.5) is 0 Å². The number of halogens is 1. The molecule has 0 saturated heterocycles. The summed E-state index contributed by atoms with van der Waals surface area (Å²) < 4.78 is 1.90. The van der Waals surface area contributed by atoms with Gasteiger partial charge in [-0.1, -0.05) is 54.4 Å². The van der Waals surface area contributed by atoms with Gasteiger partial charge in [0.2, 0.25) is 0 Å². The highest BCUT2D eigenvalue weighted by molar-refractivity contribution is 14.1. The summed E-state index contributed by atoms with van der Waals surface area (Å²) in [5.74, 6) is 0.905. The van der Waals surface area contributed by atoms with E-state index in [0.717, 1.165) is 12.3 Å². The molecule has 0 aliphatic heterocycles. The third-order valence-corrected chi connectivity index (χ3v) is 3.06. The molecule has 1 rings (SSSR count). The van der Waals surface area contributed by atoms with E-state index in [4.69, 9.17) is 0 Å². The fraction of sp³-hybridized carbons (Fsp3) is 0.800. The van der Waals surface area contributed by atoms with Crippen LogP contribution >= 0.6 is 22.6 Å². The highest BCUT2D eigenvalue weighted by Crippen LogP contribution is 2.28. The minimum atomic E-state index is -0.206. The second-order valence-corrected chi connectivity index (χ2v) is 4.33. The smallest absolute Gasteiger partial charge is 0.0728 e. The van der Waals surface area contributed by atoms with Crippen molar-refractivity contribution < 1.29 is 5.11 Å². The first-order valence-corrected chi connectivity index (χ1v) is 6.02. The lowest BCUT2D eigenvalue weighted by molar-refractivity contribution is 0.200. The molecule has 0 amide bonds. The Morgan fingerprint density at radius 1 is 1.42 bits per heavy atom. The zero-order valence-electron chi connectivity index (χ0n) is 7.38. The zero-order valence-corrected chi connectivity index (χ0v) is 9.53. The van der Waals surface area contributed by atoms with Crippen LogP contribution in [0.3, 0.4) is 0 Å². The Morgan fingerprint density at radius 3 is 2.67 bits per heavy atom. The van der Waals surface area contributed by atoms with E-state index in [0.29, 0.717) is 0 Å². The second kappa shape index (κ2) is 5.97. The maximum absolute atomic E-state index is 9.42. The lowest BCUT2D eigenvalue weighted by Crippen LogP contribution is -2.04. The van der Waals surface area contributed by atoms with Crippen LogP contribution in [-0.4, -0.2) is 11.2 Å². The van der Waals surface area contributed by atoms with Gasteiger partial charge in [-0.15, -0.1) is 0 Å². The number of aliphatic hydroxyl groups excluding tert-OH is 1. The molecule has 12 heavy (non-hydrogen) atoms. The molecule has 0 radical (unpaired) electrons. The minimum absolute atomic E-state index is 0.206. The van der Waals surface area contributed by atoms with Gasteiger partial charge in [0.05, 0.1) is 6.10 Å². The Labute approximate surface area is 88.4 Å². The van der Waals surface area contributed by atoms with E-state index in [1.54, 1.807) is 0 Å². The van der Waals surface area contributed by atoms with Gasteiger partial charge in [0.1, 0.15) is 0 Å². The molecule has 70 valence electrons. The first kappa shape index (κ1) is 10.5. The molecule has 0 spiro atoms. The van der Waals surface area contributed by atoms with Gasteiger partial charge in [0.15, 0.2) is 0 Å². The summed E-state index contributed by atoms with van der Waals surface area (Å²) >= 11 is 2.15. The number of rotatable bonds is 4. The molecule has 0 heterocycles. The monoisotopic (exact) mass is 280 g/mol. The normalized spacial score (nSPS) is 22.2. The van der Waals surface area contributed by atoms with Gasteiger partial charge < -0.3 is 5.11 Å². The Bertz CT molecular complexity index is 139. The van der Waals surface area contributed by atoms with Crippen LogP contribution in [0.15, 0.2) is 10.2 Å². The van der Waals surface area contributed by atoms with Crippen molar-refractivity contribution in [3.8, 4) is 0 Å². The molecule has 0 bridgehead atoms. The van der Waals surface area contributed by atoms with Crippen LogP contribution in [0.25, 0.3) is 0 Å². The van der Waals surface area contributed by atoms with E-state index in [1.807, 2.05) is 10.2 Å². The maximum Gasteiger partial charge on any atom is 0.0728 e. The molecular formula is C10H17IO. The van der Waals surface area contributed by atoms with Crippen molar-refractivity contribution in [3.63, 3.8) is 0 Å². The Morgan fingerprint density at radius 2 is 2.08 bits per heavy atom. The first-order valence-electron chi connectivity index (χ1n) is 4.78. The molecule has 1 atom stereocenters. The lowest BCUT2D eigenvalue weighted by Gasteiger charge is -2.10. The fourth-order valence-corrected chi connectivity index (χ4v) is 2.36. The van der Waals surface area contributed by atoms with Gasteiger partial charge in [-0.25, -0.2) is 0 Å². The van der Waals surface area contributed by atoms with Gasteiger partial charge in [0, 0.05) is 0 Å². The Hall–Kier alpha value is 0.430. The number of hydrogen-bond acceptors (Lipinski definition) is 1. The summed E-state index contributed by atoms with van der Waals surface area (Å²) in [6.07, 6.45) is 9.41. The van der Waals surface area contributed by atoms with E-state index in [1.165, 1.54) is 32.1 Å². The Balaban J connectivity index is 2.07. The fourth-order valence-electron chi connectivity index (χ4n) is 1.89. The summed E-state index contributed by atoms with van der Waals surface area (Å²) in [7, 11) is 0. The average molecular weight is 280 g/mol. The third kappa shape index (κ3) is 3.90. The van der Waals surface area contributed by atoms with Crippen LogP contribution in [0.1, 0.15) is 38.5 Å². The summed E-state index contributed by atoms with van der Waals surface area (Å²) in [5, 5.41) is 9.42. The van der Waals surface area contributed by atoms with Crippen molar-refractivity contribution in [1.82, 2.24) is 0 Å². The quantitative estimate of drug-likeness (QED) is 0.784. The summed E-state index contributed by atoms with van der Waals surface area (Å²) in [4.78, 5) is 0. The molecule has 1 unspecified atom stereocenters. The van der Waals surface area contributed by atoms with E-state index in [9.17, 15) is 5.11 Å². The molecule has 1 nitrogen and oxygen atoms in total. The van der Waals surface area contributed by atoms with Crippen LogP contribution in [-0.2, 0) is 0 Å². The van der Waals surface area contributed by atoms with E-state index in [2.05, 4.69) is 22.6 Å². The van der Waals surface area contributed by atoms with E-state index >= 15 is 0 Å². The highest BCUT2D eigenvalue weighted by atomic mass is 127. The summed E-state index contributed by atoms with van der Waals surface area (Å²) in [5.41, 5.74) is 0. The summed E-state index contributed by atoms with van der Waals surface area (Å²) in [6, 6.07) is 0. The van der Waals surface area contributed by atoms with Crippen molar-refractivity contribution in [3.05, 3.63) is 10.2 Å². The molecule has 0 aromatic rings. The van der Waals surface area contributed by atoms with Gasteiger partial charge in [0.25, 0.3) is 0 Å². The highest BCUT2D eigenvalue weighted by Gasteiger charge is 2.15. The van der Waals surface area contributed by atoms with Crippen LogP contribution in [0.5, 0.6) is 0 Å². The van der Waals surface area contributed by atoms with Crippen LogP contribution < -0.4 is 0 Å². The first-order chi connectivity index (χ1) is 5.83. The number of aliphatic hydroxyl groups is 1. The predicted octanol–water partition coefficient (Wildman–Crippen LogP) is 3.27. The molecule has 1 aliphatic carbocycles. The maximum atomic E-state index is 9.42. The number of hydrogen-bond donors (Lipinski definition) is 1. The molecule has 0 aromatic carbocycles. The predicted molar refractivity (Wildman–Crippen MR) is 60.4 cm³/mol. The largest absolute Gasteiger partial charge is 0.389 e. The minimum Gasteiger partial charge on any atom is -0.389 e. The van der Waals surface area contributed by atoms with Crippen molar-refractivity contribution >= 4 is 22.6 Å². The molecule has 2 heteroatoms. The van der Waals surface area contributed by atoms with E-state index in [-0.39, 0.29) is 6.10 Å². The third-order valence-electron chi connectivity index (χ3n) is 2.64. The van der Waals surface area contributed by atoms with Gasteiger partial charge in [-0.05, 0) is 22.8 Å². The van der Waals surface area contributed by atoms with Gasteiger partial charge in [-0.2, -0.15) is 0 Å². The molecule has 1 saturated carbocycles. The van der Waals surface area contributed by atoms with Crippen LogP contribution in [0.2, 0.25) is 0 Å². The van der Waals surface area contributed by atoms with Crippen LogP contribution in [0, 0.1) is 5.92 Å². The van der Waals surface area contributed by atoms with Crippen molar-refractivity contribution in [2.45, 2.75) is 44.6 Å². The van der Waals surface area contributed by atoms with Gasteiger partial charge >= 0.3 is 0 Å². The van der Waals surface area contributed by atoms with Crippen molar-refractivity contribution in [2.24, 2.45) is 5.92 Å². The lowest BCUT2D eigenvalue weighted by atomic mass is 10.00. The average Bonchev–Trinajstić information content (AvgIpc) is 2.53. The van der Waals surface area contributed by atoms with E-state index < -0.39 is 0 Å². The summed E-state index contributed by atoms with van der Waals surface area (Å²) in [6.45, 7) is 0. The molecular weight excluding hydrogens is 263 g/mol. The van der Waals surface area contributed by atoms with Crippen molar-refractivity contribution in [1.29, 1.82) is 0 Å². The molecule has 1 aliphatic rings. The standard InChI is InChI=1S/C10H17IO/c11-8-7-10(12)6-5-9-3-1-2-4-9/h7-10,12H,1-6H2/b8-7+. The SMILES string of the molecule is OC(/C=C/I)CCC1CCCC1. The topological polar surface area (TPSA) is 20.2 Å². The molecule has 0 aromatic heterocycles.